The van der Waals surface area contributed by atoms with Crippen molar-refractivity contribution in [1.82, 2.24) is 19.6 Å². The van der Waals surface area contributed by atoms with Crippen molar-refractivity contribution in [2.24, 2.45) is 5.73 Å². The lowest BCUT2D eigenvalue weighted by molar-refractivity contribution is 0.418. The second-order valence-electron chi connectivity index (χ2n) is 4.49. The molecule has 1 saturated heterocycles. The number of hydrogen-bond donors (Lipinski definition) is 3. The Morgan fingerprint density at radius 3 is 3.06 bits per heavy atom. The Hall–Kier alpha value is -2.09. The molecule has 2 aromatic heterocycles. The summed E-state index contributed by atoms with van der Waals surface area (Å²) in [5.74, 6) is 0. The van der Waals surface area contributed by atoms with Crippen LogP contribution in [0.1, 0.15) is 12.8 Å². The molecule has 1 atom stereocenters. The number of H-pyrrole nitrogens is 2. The van der Waals surface area contributed by atoms with Gasteiger partial charge in [-0.15, -0.1) is 0 Å². The molecule has 3 heterocycles. The minimum atomic E-state index is -0.478. The molecule has 18 heavy (non-hydrogen) atoms. The first-order chi connectivity index (χ1) is 8.66. The van der Waals surface area contributed by atoms with Crippen LogP contribution in [0.5, 0.6) is 0 Å². The van der Waals surface area contributed by atoms with Gasteiger partial charge in [-0.2, -0.15) is 4.68 Å². The molecule has 1 aliphatic heterocycles. The summed E-state index contributed by atoms with van der Waals surface area (Å²) in [7, 11) is 0. The molecule has 1 fully saturated rings. The highest BCUT2D eigenvalue weighted by Crippen LogP contribution is 2.05. The number of aromatic nitrogens is 4. The predicted molar refractivity (Wildman–Crippen MR) is 66.1 cm³/mol. The number of nitrogens with zero attached hydrogens (tertiary/aromatic N) is 3. The summed E-state index contributed by atoms with van der Waals surface area (Å²) in [6.45, 7) is 1.15. The highest BCUT2D eigenvalue weighted by atomic mass is 16.2. The molecule has 2 aromatic rings. The molecule has 4 N–H and O–H groups in total. The van der Waals surface area contributed by atoms with Gasteiger partial charge in [0.25, 0.3) is 0 Å². The van der Waals surface area contributed by atoms with Crippen molar-refractivity contribution in [2.75, 3.05) is 18.1 Å². The molecule has 0 bridgehead atoms. The van der Waals surface area contributed by atoms with E-state index in [2.05, 4.69) is 15.0 Å². The predicted octanol–water partition coefficient (Wildman–Crippen LogP) is -1.53. The second kappa shape index (κ2) is 3.98. The summed E-state index contributed by atoms with van der Waals surface area (Å²) in [5, 5.41) is 1.69. The van der Waals surface area contributed by atoms with Gasteiger partial charge >= 0.3 is 11.2 Å². The number of nitrogens with one attached hydrogen (secondary N) is 2. The van der Waals surface area contributed by atoms with Gasteiger partial charge in [-0.05, 0) is 12.8 Å². The molecular weight excluding hydrogens is 236 g/mol. The smallest absolute Gasteiger partial charge is 0.339 e. The second-order valence-corrected chi connectivity index (χ2v) is 4.49. The summed E-state index contributed by atoms with van der Waals surface area (Å²) in [4.78, 5) is 33.3. The fraction of sp³-hybridized carbons (Fsp3) is 0.500. The van der Waals surface area contributed by atoms with Crippen LogP contribution in [0, 0.1) is 0 Å². The van der Waals surface area contributed by atoms with E-state index in [1.165, 1.54) is 6.33 Å². The molecule has 96 valence electrons. The molecule has 0 saturated carbocycles. The van der Waals surface area contributed by atoms with Crippen LogP contribution in [0.15, 0.2) is 15.9 Å². The van der Waals surface area contributed by atoms with Crippen molar-refractivity contribution in [2.45, 2.75) is 18.9 Å². The Balaban J connectivity index is 2.16. The van der Waals surface area contributed by atoms with E-state index in [4.69, 9.17) is 5.73 Å². The topological polar surface area (TPSA) is 113 Å². The first-order valence-electron chi connectivity index (χ1n) is 5.86. The van der Waals surface area contributed by atoms with Crippen LogP contribution < -0.4 is 22.0 Å². The molecule has 0 aromatic carbocycles. The van der Waals surface area contributed by atoms with Gasteiger partial charge in [0, 0.05) is 19.1 Å². The van der Waals surface area contributed by atoms with Gasteiger partial charge < -0.3 is 15.7 Å². The molecule has 0 amide bonds. The van der Waals surface area contributed by atoms with Crippen LogP contribution in [0.3, 0.4) is 0 Å². The average Bonchev–Trinajstić information content (AvgIpc) is 2.77. The SMILES string of the molecule is NC1CCCN(n2c(=O)[nH]c3nc[nH]c3c2=O)C1. The van der Waals surface area contributed by atoms with E-state index in [0.29, 0.717) is 18.6 Å². The Morgan fingerprint density at radius 2 is 2.28 bits per heavy atom. The third-order valence-corrected chi connectivity index (χ3v) is 3.18. The van der Waals surface area contributed by atoms with E-state index in [1.807, 2.05) is 0 Å². The van der Waals surface area contributed by atoms with Crippen molar-refractivity contribution in [3.05, 3.63) is 27.2 Å². The van der Waals surface area contributed by atoms with Crippen LogP contribution >= 0.6 is 0 Å². The summed E-state index contributed by atoms with van der Waals surface area (Å²) in [6.07, 6.45) is 3.16. The van der Waals surface area contributed by atoms with Gasteiger partial charge in [0.1, 0.15) is 0 Å². The highest BCUT2D eigenvalue weighted by molar-refractivity contribution is 5.67. The maximum absolute atomic E-state index is 12.2. The largest absolute Gasteiger partial charge is 0.349 e. The Bertz CT molecular complexity index is 683. The zero-order valence-electron chi connectivity index (χ0n) is 9.72. The number of imidazole rings is 1. The number of hydrogen-bond acceptors (Lipinski definition) is 5. The minimum Gasteiger partial charge on any atom is -0.339 e. The van der Waals surface area contributed by atoms with Gasteiger partial charge in [0.2, 0.25) is 0 Å². The van der Waals surface area contributed by atoms with Crippen molar-refractivity contribution in [3.8, 4) is 0 Å². The molecule has 0 aliphatic carbocycles. The van der Waals surface area contributed by atoms with Gasteiger partial charge in [-0.1, -0.05) is 0 Å². The summed E-state index contributed by atoms with van der Waals surface area (Å²) in [5.41, 5.74) is 5.58. The minimum absolute atomic E-state index is 0.0116. The third-order valence-electron chi connectivity index (χ3n) is 3.18. The van der Waals surface area contributed by atoms with Crippen LogP contribution in [-0.4, -0.2) is 38.8 Å². The van der Waals surface area contributed by atoms with Crippen LogP contribution in [0.25, 0.3) is 11.2 Å². The van der Waals surface area contributed by atoms with Crippen molar-refractivity contribution in [3.63, 3.8) is 0 Å². The van der Waals surface area contributed by atoms with Gasteiger partial charge in [-0.25, -0.2) is 9.78 Å². The number of piperidine rings is 1. The molecule has 3 rings (SSSR count). The highest BCUT2D eigenvalue weighted by Gasteiger charge is 2.21. The molecule has 1 aliphatic rings. The first-order valence-corrected chi connectivity index (χ1v) is 5.86. The lowest BCUT2D eigenvalue weighted by Gasteiger charge is -2.32. The summed E-state index contributed by atoms with van der Waals surface area (Å²) >= 11 is 0. The van der Waals surface area contributed by atoms with E-state index in [0.717, 1.165) is 17.5 Å². The van der Waals surface area contributed by atoms with E-state index >= 15 is 0 Å². The molecule has 0 spiro atoms. The quantitative estimate of drug-likeness (QED) is 0.568. The number of fused-ring (bicyclic) bond motifs is 1. The fourth-order valence-corrected chi connectivity index (χ4v) is 2.33. The standard InChI is InChI=1S/C10H14N6O2/c11-6-2-1-3-15(4-6)16-9(17)7-8(13-5-12-7)14-10(16)18/h5-6H,1-4,11H2,(H,12,13)(H,14,18). The Labute approximate surface area is 101 Å². The van der Waals surface area contributed by atoms with Crippen molar-refractivity contribution in [1.29, 1.82) is 0 Å². The van der Waals surface area contributed by atoms with Crippen LogP contribution in [0.2, 0.25) is 0 Å². The lowest BCUT2D eigenvalue weighted by atomic mass is 10.1. The molecular formula is C10H14N6O2. The van der Waals surface area contributed by atoms with Crippen LogP contribution in [-0.2, 0) is 0 Å². The van der Waals surface area contributed by atoms with E-state index in [9.17, 15) is 9.59 Å². The van der Waals surface area contributed by atoms with Gasteiger partial charge in [-0.3, -0.25) is 9.78 Å². The number of aromatic amines is 2. The van der Waals surface area contributed by atoms with Crippen molar-refractivity contribution < 1.29 is 0 Å². The third kappa shape index (κ3) is 1.61. The lowest BCUT2D eigenvalue weighted by Crippen LogP contribution is -2.56. The number of nitrogens with two attached hydrogens (primary N) is 1. The molecule has 8 heteroatoms. The monoisotopic (exact) mass is 250 g/mol. The summed E-state index contributed by atoms with van der Waals surface area (Å²) in [6, 6.07) is -0.0116. The maximum atomic E-state index is 12.2. The van der Waals surface area contributed by atoms with E-state index < -0.39 is 5.69 Å². The number of rotatable bonds is 1. The fourth-order valence-electron chi connectivity index (χ4n) is 2.33. The Kier molecular flexibility index (Phi) is 2.44. The first kappa shape index (κ1) is 11.0. The van der Waals surface area contributed by atoms with Crippen molar-refractivity contribution >= 4 is 11.2 Å². The molecule has 1 unspecified atom stereocenters. The zero-order chi connectivity index (χ0) is 12.7. The normalized spacial score (nSPS) is 20.5. The average molecular weight is 250 g/mol. The zero-order valence-corrected chi connectivity index (χ0v) is 9.72. The van der Waals surface area contributed by atoms with E-state index in [1.54, 1.807) is 5.01 Å². The van der Waals surface area contributed by atoms with Gasteiger partial charge in [0.15, 0.2) is 11.2 Å². The van der Waals surface area contributed by atoms with E-state index in [-0.39, 0.29) is 17.2 Å². The molecule has 0 radical (unpaired) electrons. The van der Waals surface area contributed by atoms with Crippen LogP contribution in [0.4, 0.5) is 0 Å². The maximum Gasteiger partial charge on any atom is 0.349 e. The Morgan fingerprint density at radius 1 is 1.44 bits per heavy atom. The summed E-state index contributed by atoms with van der Waals surface area (Å²) < 4.78 is 1.11. The molecule has 8 nitrogen and oxygen atoms in total. The van der Waals surface area contributed by atoms with Gasteiger partial charge in [0.05, 0.1) is 6.33 Å².